The Balaban J connectivity index is 1.22. The maximum absolute atomic E-state index is 13.1. The highest BCUT2D eigenvalue weighted by Gasteiger charge is 2.25. The van der Waals surface area contributed by atoms with E-state index in [1.807, 2.05) is 66.4 Å². The molecule has 0 atom stereocenters. The first-order valence-corrected chi connectivity index (χ1v) is 10.4. The van der Waals surface area contributed by atoms with Crippen LogP contribution in [0.5, 0.6) is 0 Å². The second-order valence-corrected chi connectivity index (χ2v) is 7.83. The number of aryl methyl sites for hydroxylation is 1. The van der Waals surface area contributed by atoms with Crippen LogP contribution < -0.4 is 0 Å². The van der Waals surface area contributed by atoms with Crippen molar-refractivity contribution >= 4 is 16.7 Å². The van der Waals surface area contributed by atoms with E-state index < -0.39 is 0 Å². The molecule has 0 saturated carbocycles. The fourth-order valence-electron chi connectivity index (χ4n) is 3.88. The van der Waals surface area contributed by atoms with E-state index in [1.165, 1.54) is 5.56 Å². The minimum Gasteiger partial charge on any atom is -0.338 e. The van der Waals surface area contributed by atoms with Crippen LogP contribution in [0, 0.1) is 6.92 Å². The van der Waals surface area contributed by atoms with Gasteiger partial charge in [0.05, 0.1) is 6.54 Å². The highest BCUT2D eigenvalue weighted by molar-refractivity contribution is 6.05. The fraction of sp³-hybridized carbons (Fsp3) is 0.250. The van der Waals surface area contributed by atoms with Crippen LogP contribution in [-0.4, -0.2) is 57.0 Å². The summed E-state index contributed by atoms with van der Waals surface area (Å²) in [7, 11) is 0. The van der Waals surface area contributed by atoms with Gasteiger partial charge in [-0.15, -0.1) is 0 Å². The Labute approximate surface area is 180 Å². The number of hydrogen-bond acceptors (Lipinski definition) is 6. The number of benzene rings is 2. The van der Waals surface area contributed by atoms with E-state index in [2.05, 4.69) is 20.0 Å². The number of pyridine rings is 1. The van der Waals surface area contributed by atoms with Gasteiger partial charge < -0.3 is 9.42 Å². The molecular weight excluding hydrogens is 390 g/mol. The quantitative estimate of drug-likeness (QED) is 0.509. The maximum Gasteiger partial charge on any atom is 0.273 e. The average molecular weight is 413 g/mol. The van der Waals surface area contributed by atoms with E-state index in [-0.39, 0.29) is 5.91 Å². The number of rotatable bonds is 4. The molecule has 0 radical (unpaired) electrons. The summed E-state index contributed by atoms with van der Waals surface area (Å²) in [5.41, 5.74) is 2.66. The molecule has 2 aromatic heterocycles. The lowest BCUT2D eigenvalue weighted by Crippen LogP contribution is -2.48. The Hall–Kier alpha value is -3.58. The van der Waals surface area contributed by atoms with Gasteiger partial charge in [-0.3, -0.25) is 14.7 Å². The second kappa shape index (κ2) is 8.28. The van der Waals surface area contributed by atoms with Crippen LogP contribution in [0.15, 0.2) is 65.3 Å². The van der Waals surface area contributed by atoms with E-state index in [0.717, 1.165) is 29.4 Å². The summed E-state index contributed by atoms with van der Waals surface area (Å²) < 4.78 is 5.45. The first kappa shape index (κ1) is 19.4. The molecule has 5 rings (SSSR count). The molecule has 2 aromatic carbocycles. The van der Waals surface area contributed by atoms with Crippen LogP contribution in [0.25, 0.3) is 22.2 Å². The molecule has 1 amide bonds. The van der Waals surface area contributed by atoms with Crippen LogP contribution in [0.1, 0.15) is 21.9 Å². The van der Waals surface area contributed by atoms with Gasteiger partial charge >= 0.3 is 0 Å². The van der Waals surface area contributed by atoms with E-state index in [4.69, 9.17) is 4.52 Å². The van der Waals surface area contributed by atoms with Gasteiger partial charge in [-0.1, -0.05) is 59.3 Å². The summed E-state index contributed by atoms with van der Waals surface area (Å²) in [6, 6.07) is 17.8. The van der Waals surface area contributed by atoms with Crippen molar-refractivity contribution in [3.05, 3.63) is 77.9 Å². The highest BCUT2D eigenvalue weighted by Crippen LogP contribution is 2.20. The average Bonchev–Trinajstić information content (AvgIpc) is 3.27. The number of amides is 1. The third-order valence-corrected chi connectivity index (χ3v) is 5.67. The molecule has 3 heterocycles. The lowest BCUT2D eigenvalue weighted by Gasteiger charge is -2.33. The summed E-state index contributed by atoms with van der Waals surface area (Å²) in [5, 5.41) is 6.03. The minimum absolute atomic E-state index is 0.0177. The summed E-state index contributed by atoms with van der Waals surface area (Å²) in [6.45, 7) is 5.41. The molecule has 4 aromatic rings. The number of carbonyl (C=O) groups is 1. The number of piperazine rings is 1. The van der Waals surface area contributed by atoms with Crippen molar-refractivity contribution < 1.29 is 9.32 Å². The van der Waals surface area contributed by atoms with Crippen molar-refractivity contribution in [1.82, 2.24) is 24.9 Å². The Kier molecular flexibility index (Phi) is 5.18. The predicted octanol–water partition coefficient (Wildman–Crippen LogP) is 3.55. The molecule has 0 bridgehead atoms. The van der Waals surface area contributed by atoms with E-state index in [1.54, 1.807) is 6.20 Å². The van der Waals surface area contributed by atoms with Gasteiger partial charge in [0, 0.05) is 43.3 Å². The van der Waals surface area contributed by atoms with Crippen molar-refractivity contribution in [2.75, 3.05) is 26.2 Å². The monoisotopic (exact) mass is 413 g/mol. The zero-order valence-corrected chi connectivity index (χ0v) is 17.4. The molecule has 0 N–H and O–H groups in total. The molecule has 0 aliphatic carbocycles. The number of hydrogen-bond donors (Lipinski definition) is 0. The largest absolute Gasteiger partial charge is 0.338 e. The topological polar surface area (TPSA) is 75.4 Å². The van der Waals surface area contributed by atoms with Crippen LogP contribution in [0.2, 0.25) is 0 Å². The molecule has 0 spiro atoms. The smallest absolute Gasteiger partial charge is 0.273 e. The van der Waals surface area contributed by atoms with Crippen molar-refractivity contribution in [2.24, 2.45) is 0 Å². The predicted molar refractivity (Wildman–Crippen MR) is 117 cm³/mol. The summed E-state index contributed by atoms with van der Waals surface area (Å²) in [4.78, 5) is 26.1. The van der Waals surface area contributed by atoms with Gasteiger partial charge in [0.1, 0.15) is 5.69 Å². The van der Waals surface area contributed by atoms with Crippen LogP contribution in [-0.2, 0) is 6.54 Å². The molecule has 31 heavy (non-hydrogen) atoms. The lowest BCUT2D eigenvalue weighted by atomic mass is 10.1. The lowest BCUT2D eigenvalue weighted by molar-refractivity contribution is 0.0611. The molecule has 1 aliphatic heterocycles. The van der Waals surface area contributed by atoms with Crippen molar-refractivity contribution in [3.8, 4) is 11.4 Å². The first-order chi connectivity index (χ1) is 15.2. The Morgan fingerprint density at radius 3 is 2.58 bits per heavy atom. The standard InChI is InChI=1S/C24H23N5O2/c1-17-6-8-19(9-7-17)23-26-21(31-27-23)16-28-12-14-29(15-13-28)24(30)22-20-5-3-2-4-18(20)10-11-25-22/h2-11H,12-16H2,1H3. The highest BCUT2D eigenvalue weighted by atomic mass is 16.5. The molecule has 1 aliphatic rings. The van der Waals surface area contributed by atoms with Crippen LogP contribution in [0.3, 0.4) is 0 Å². The zero-order valence-electron chi connectivity index (χ0n) is 17.4. The van der Waals surface area contributed by atoms with Gasteiger partial charge in [0.2, 0.25) is 11.7 Å². The van der Waals surface area contributed by atoms with Crippen LogP contribution in [0.4, 0.5) is 0 Å². The Morgan fingerprint density at radius 1 is 1.00 bits per heavy atom. The van der Waals surface area contributed by atoms with E-state index in [9.17, 15) is 4.79 Å². The second-order valence-electron chi connectivity index (χ2n) is 7.83. The number of nitrogens with zero attached hydrogens (tertiary/aromatic N) is 5. The first-order valence-electron chi connectivity index (χ1n) is 10.4. The summed E-state index contributed by atoms with van der Waals surface area (Å²) in [6.07, 6.45) is 1.70. The molecule has 156 valence electrons. The third kappa shape index (κ3) is 4.04. The fourth-order valence-corrected chi connectivity index (χ4v) is 3.88. The Bertz CT molecular complexity index is 1200. The number of aromatic nitrogens is 3. The van der Waals surface area contributed by atoms with Gasteiger partial charge in [-0.25, -0.2) is 0 Å². The van der Waals surface area contributed by atoms with Gasteiger partial charge in [0.25, 0.3) is 5.91 Å². The molecular formula is C24H23N5O2. The Morgan fingerprint density at radius 2 is 1.77 bits per heavy atom. The van der Waals surface area contributed by atoms with Crippen molar-refractivity contribution in [2.45, 2.75) is 13.5 Å². The minimum atomic E-state index is -0.0177. The number of carbonyl (C=O) groups excluding carboxylic acids is 1. The zero-order chi connectivity index (χ0) is 21.2. The van der Waals surface area contributed by atoms with Crippen molar-refractivity contribution in [1.29, 1.82) is 0 Å². The van der Waals surface area contributed by atoms with Crippen LogP contribution >= 0.6 is 0 Å². The third-order valence-electron chi connectivity index (χ3n) is 5.67. The molecule has 0 unspecified atom stereocenters. The molecule has 1 fully saturated rings. The van der Waals surface area contributed by atoms with Gasteiger partial charge in [-0.2, -0.15) is 4.98 Å². The number of fused-ring (bicyclic) bond motifs is 1. The molecule has 1 saturated heterocycles. The van der Waals surface area contributed by atoms with E-state index in [0.29, 0.717) is 37.0 Å². The molecule has 7 heteroatoms. The summed E-state index contributed by atoms with van der Waals surface area (Å²) >= 11 is 0. The maximum atomic E-state index is 13.1. The SMILES string of the molecule is Cc1ccc(-c2noc(CN3CCN(C(=O)c4nccc5ccccc45)CC3)n2)cc1. The summed E-state index contributed by atoms with van der Waals surface area (Å²) in [5.74, 6) is 1.17. The van der Waals surface area contributed by atoms with Gasteiger partial charge in [-0.05, 0) is 18.4 Å². The van der Waals surface area contributed by atoms with Crippen molar-refractivity contribution in [3.63, 3.8) is 0 Å². The molecule has 7 nitrogen and oxygen atoms in total. The van der Waals surface area contributed by atoms with Gasteiger partial charge in [0.15, 0.2) is 0 Å². The van der Waals surface area contributed by atoms with E-state index >= 15 is 0 Å². The normalized spacial score (nSPS) is 14.8.